The van der Waals surface area contributed by atoms with Crippen LogP contribution in [0.25, 0.3) is 0 Å². The number of thiocarbonyl (C=S) groups is 1. The minimum Gasteiger partial charge on any atom is -0.389 e. The minimum absolute atomic E-state index is 0.136. The molecule has 1 aromatic carbocycles. The molecule has 0 radical (unpaired) electrons. The zero-order valence-electron chi connectivity index (χ0n) is 10.2. The number of hydrogen-bond acceptors (Lipinski definition) is 5. The molecule has 0 bridgehead atoms. The summed E-state index contributed by atoms with van der Waals surface area (Å²) in [4.78, 5) is 1.71. The van der Waals surface area contributed by atoms with E-state index in [1.807, 2.05) is 0 Å². The lowest BCUT2D eigenvalue weighted by Crippen LogP contribution is -2.13. The van der Waals surface area contributed by atoms with E-state index in [1.54, 1.807) is 31.3 Å². The number of nitrogens with zero attached hydrogens (tertiary/aromatic N) is 3. The molecular formula is C11H9F3N4S2. The number of nitrogens with two attached hydrogens (primary N) is 1. The van der Waals surface area contributed by atoms with Gasteiger partial charge >= 0.3 is 6.18 Å². The van der Waals surface area contributed by atoms with E-state index in [9.17, 15) is 13.2 Å². The highest BCUT2D eigenvalue weighted by Crippen LogP contribution is 2.35. The van der Waals surface area contributed by atoms with Crippen molar-refractivity contribution in [2.45, 2.75) is 6.18 Å². The fraction of sp³-hybridized carbons (Fsp3) is 0.182. The predicted octanol–water partition coefficient (Wildman–Crippen LogP) is 2.96. The summed E-state index contributed by atoms with van der Waals surface area (Å²) in [5, 5.41) is 5.84. The van der Waals surface area contributed by atoms with Crippen molar-refractivity contribution in [3.63, 3.8) is 0 Å². The van der Waals surface area contributed by atoms with Crippen LogP contribution in [-0.2, 0) is 6.18 Å². The SMILES string of the molecule is CN(c1cccc(C(N)=S)c1)c1nnc(C(F)(F)F)s1. The van der Waals surface area contributed by atoms with Gasteiger partial charge in [-0.2, -0.15) is 13.2 Å². The van der Waals surface area contributed by atoms with Crippen LogP contribution in [0.3, 0.4) is 0 Å². The predicted molar refractivity (Wildman–Crippen MR) is 75.3 cm³/mol. The molecule has 0 aliphatic rings. The van der Waals surface area contributed by atoms with Gasteiger partial charge in [0.2, 0.25) is 10.1 Å². The maximum atomic E-state index is 12.5. The van der Waals surface area contributed by atoms with Crippen molar-refractivity contribution in [1.29, 1.82) is 0 Å². The van der Waals surface area contributed by atoms with Gasteiger partial charge < -0.3 is 10.6 Å². The minimum atomic E-state index is -4.49. The van der Waals surface area contributed by atoms with Crippen LogP contribution in [0.15, 0.2) is 24.3 Å². The zero-order valence-corrected chi connectivity index (χ0v) is 11.8. The van der Waals surface area contributed by atoms with Crippen molar-refractivity contribution < 1.29 is 13.2 Å². The molecule has 1 aromatic heterocycles. The molecule has 0 spiro atoms. The summed E-state index contributed by atoms with van der Waals surface area (Å²) < 4.78 is 37.5. The first kappa shape index (κ1) is 14.7. The summed E-state index contributed by atoms with van der Waals surface area (Å²) >= 11 is 5.33. The third-order valence-electron chi connectivity index (χ3n) is 2.46. The van der Waals surface area contributed by atoms with E-state index in [0.717, 1.165) is 0 Å². The van der Waals surface area contributed by atoms with Gasteiger partial charge in [0, 0.05) is 18.3 Å². The van der Waals surface area contributed by atoms with Crippen LogP contribution in [-0.4, -0.2) is 22.2 Å². The average Bonchev–Trinajstić information content (AvgIpc) is 2.87. The van der Waals surface area contributed by atoms with Gasteiger partial charge in [0.15, 0.2) is 0 Å². The molecule has 1 heterocycles. The van der Waals surface area contributed by atoms with E-state index >= 15 is 0 Å². The Morgan fingerprint density at radius 1 is 1.35 bits per heavy atom. The Bertz CT molecular complexity index is 639. The maximum absolute atomic E-state index is 12.5. The molecule has 0 aliphatic carbocycles. The summed E-state index contributed by atoms with van der Waals surface area (Å²) in [6.07, 6.45) is -4.49. The molecule has 0 unspecified atom stereocenters. The van der Waals surface area contributed by atoms with Crippen LogP contribution in [0.5, 0.6) is 0 Å². The van der Waals surface area contributed by atoms with Crippen molar-refractivity contribution >= 4 is 39.4 Å². The third-order valence-corrected chi connectivity index (χ3v) is 3.74. The van der Waals surface area contributed by atoms with Crippen LogP contribution in [0.4, 0.5) is 24.0 Å². The first-order chi connectivity index (χ1) is 9.29. The normalized spacial score (nSPS) is 11.4. The monoisotopic (exact) mass is 318 g/mol. The van der Waals surface area contributed by atoms with Crippen LogP contribution < -0.4 is 10.6 Å². The number of hydrogen-bond donors (Lipinski definition) is 1. The molecule has 9 heteroatoms. The van der Waals surface area contributed by atoms with Gasteiger partial charge in [0.05, 0.1) is 0 Å². The van der Waals surface area contributed by atoms with E-state index in [4.69, 9.17) is 18.0 Å². The van der Waals surface area contributed by atoms with Gasteiger partial charge in [-0.3, -0.25) is 0 Å². The van der Waals surface area contributed by atoms with Crippen LogP contribution in [0.1, 0.15) is 10.6 Å². The first-order valence-electron chi connectivity index (χ1n) is 5.33. The molecule has 0 amide bonds. The maximum Gasteiger partial charge on any atom is 0.445 e. The summed E-state index contributed by atoms with van der Waals surface area (Å²) in [5.41, 5.74) is 6.78. The van der Waals surface area contributed by atoms with Gasteiger partial charge in [-0.15, -0.1) is 10.2 Å². The molecule has 106 valence electrons. The highest BCUT2D eigenvalue weighted by molar-refractivity contribution is 7.80. The van der Waals surface area contributed by atoms with Crippen molar-refractivity contribution in [3.8, 4) is 0 Å². The number of aromatic nitrogens is 2. The summed E-state index contributed by atoms with van der Waals surface area (Å²) in [5.74, 6) is 0. The molecule has 2 aromatic rings. The molecule has 20 heavy (non-hydrogen) atoms. The second-order valence-corrected chi connectivity index (χ2v) is 5.26. The van der Waals surface area contributed by atoms with E-state index < -0.39 is 11.2 Å². The molecule has 2 rings (SSSR count). The Balaban J connectivity index is 2.31. The Kier molecular flexibility index (Phi) is 3.91. The molecule has 4 nitrogen and oxygen atoms in total. The third kappa shape index (κ3) is 3.05. The quantitative estimate of drug-likeness (QED) is 0.882. The van der Waals surface area contributed by atoms with E-state index in [0.29, 0.717) is 22.6 Å². The van der Waals surface area contributed by atoms with Gasteiger partial charge in [-0.25, -0.2) is 0 Å². The van der Waals surface area contributed by atoms with Crippen molar-refractivity contribution in [3.05, 3.63) is 34.8 Å². The highest BCUT2D eigenvalue weighted by Gasteiger charge is 2.36. The Labute approximate surface area is 122 Å². The Hall–Kier alpha value is -1.74. The van der Waals surface area contributed by atoms with Crippen molar-refractivity contribution in [1.82, 2.24) is 10.2 Å². The van der Waals surface area contributed by atoms with E-state index in [2.05, 4.69) is 10.2 Å². The van der Waals surface area contributed by atoms with Gasteiger partial charge in [0.1, 0.15) is 4.99 Å². The smallest absolute Gasteiger partial charge is 0.389 e. The molecular weight excluding hydrogens is 309 g/mol. The number of rotatable bonds is 3. The molecule has 0 aliphatic heterocycles. The second-order valence-electron chi connectivity index (χ2n) is 3.86. The number of alkyl halides is 3. The number of halogens is 3. The van der Waals surface area contributed by atoms with E-state index in [-0.39, 0.29) is 10.1 Å². The summed E-state index contributed by atoms with van der Waals surface area (Å²) in [7, 11) is 1.60. The first-order valence-corrected chi connectivity index (χ1v) is 6.56. The molecule has 0 saturated heterocycles. The van der Waals surface area contributed by atoms with Crippen LogP contribution in [0.2, 0.25) is 0 Å². The van der Waals surface area contributed by atoms with Crippen molar-refractivity contribution in [2.24, 2.45) is 5.73 Å². The average molecular weight is 318 g/mol. The lowest BCUT2D eigenvalue weighted by Gasteiger charge is -2.15. The second kappa shape index (κ2) is 5.33. The van der Waals surface area contributed by atoms with E-state index in [1.165, 1.54) is 4.90 Å². The van der Waals surface area contributed by atoms with Gasteiger partial charge in [0.25, 0.3) is 0 Å². The fourth-order valence-corrected chi connectivity index (χ4v) is 2.27. The summed E-state index contributed by atoms with van der Waals surface area (Å²) in [6.45, 7) is 0. The zero-order chi connectivity index (χ0) is 14.9. The molecule has 0 fully saturated rings. The largest absolute Gasteiger partial charge is 0.445 e. The van der Waals surface area contributed by atoms with Crippen LogP contribution in [0, 0.1) is 0 Å². The van der Waals surface area contributed by atoms with Crippen LogP contribution >= 0.6 is 23.6 Å². The lowest BCUT2D eigenvalue weighted by molar-refractivity contribution is -0.138. The topological polar surface area (TPSA) is 55.0 Å². The number of anilines is 2. The Morgan fingerprint density at radius 2 is 2.05 bits per heavy atom. The Morgan fingerprint density at radius 3 is 2.60 bits per heavy atom. The van der Waals surface area contributed by atoms with Gasteiger partial charge in [-0.05, 0) is 12.1 Å². The van der Waals surface area contributed by atoms with Crippen molar-refractivity contribution in [2.75, 3.05) is 11.9 Å². The fourth-order valence-electron chi connectivity index (χ4n) is 1.44. The number of benzene rings is 1. The molecule has 0 saturated carbocycles. The standard InChI is InChI=1S/C11H9F3N4S2/c1-18(7-4-2-3-6(5-7)8(15)19)10-17-16-9(20-10)11(12,13)14/h2-5H,1H3,(H2,15,19). The molecule has 2 N–H and O–H groups in total. The summed E-state index contributed by atoms with van der Waals surface area (Å²) in [6, 6.07) is 6.83. The highest BCUT2D eigenvalue weighted by atomic mass is 32.1. The lowest BCUT2D eigenvalue weighted by atomic mass is 10.2. The molecule has 0 atom stereocenters. The van der Waals surface area contributed by atoms with Gasteiger partial charge in [-0.1, -0.05) is 35.7 Å².